The van der Waals surface area contributed by atoms with Crippen LogP contribution >= 0.6 is 0 Å². The van der Waals surface area contributed by atoms with Gasteiger partial charge in [0, 0.05) is 6.42 Å². The van der Waals surface area contributed by atoms with Gasteiger partial charge in [-0.2, -0.15) is 0 Å². The Labute approximate surface area is 79.6 Å². The Hall–Kier alpha value is -0.570. The van der Waals surface area contributed by atoms with Crippen molar-refractivity contribution in [2.24, 2.45) is 17.6 Å². The Morgan fingerprint density at radius 1 is 1.62 bits per heavy atom. The molecule has 1 unspecified atom stereocenters. The maximum absolute atomic E-state index is 11.1. The lowest BCUT2D eigenvalue weighted by Crippen LogP contribution is -2.17. The van der Waals surface area contributed by atoms with Gasteiger partial charge in [-0.3, -0.25) is 4.79 Å². The summed E-state index contributed by atoms with van der Waals surface area (Å²) in [5, 5.41) is 0. The lowest BCUT2D eigenvalue weighted by atomic mass is 10.1. The van der Waals surface area contributed by atoms with Crippen LogP contribution in [0.2, 0.25) is 0 Å². The molecule has 0 bridgehead atoms. The topological polar surface area (TPSA) is 52.3 Å². The zero-order valence-electron chi connectivity index (χ0n) is 8.29. The lowest BCUT2D eigenvalue weighted by molar-refractivity contribution is -0.144. The molecule has 0 spiro atoms. The molecule has 3 nitrogen and oxygen atoms in total. The molecule has 0 aromatic carbocycles. The Morgan fingerprint density at radius 2 is 2.31 bits per heavy atom. The van der Waals surface area contributed by atoms with E-state index in [0.29, 0.717) is 19.6 Å². The van der Waals surface area contributed by atoms with Crippen LogP contribution in [0.1, 0.15) is 32.6 Å². The SMILES string of the molecule is CC(CN)CC(=O)OCCC1CC1. The second-order valence-electron chi connectivity index (χ2n) is 4.00. The second-order valence-corrected chi connectivity index (χ2v) is 4.00. The summed E-state index contributed by atoms with van der Waals surface area (Å²) in [7, 11) is 0. The van der Waals surface area contributed by atoms with Gasteiger partial charge in [0.25, 0.3) is 0 Å². The van der Waals surface area contributed by atoms with Gasteiger partial charge in [0.15, 0.2) is 0 Å². The highest BCUT2D eigenvalue weighted by molar-refractivity contribution is 5.69. The van der Waals surface area contributed by atoms with E-state index in [2.05, 4.69) is 0 Å². The first-order valence-corrected chi connectivity index (χ1v) is 5.08. The van der Waals surface area contributed by atoms with Crippen molar-refractivity contribution in [3.05, 3.63) is 0 Å². The van der Waals surface area contributed by atoms with Gasteiger partial charge in [-0.15, -0.1) is 0 Å². The summed E-state index contributed by atoms with van der Waals surface area (Å²) in [5.41, 5.74) is 5.40. The smallest absolute Gasteiger partial charge is 0.306 e. The highest BCUT2D eigenvalue weighted by Gasteiger charge is 2.21. The minimum atomic E-state index is -0.0985. The molecule has 3 heteroatoms. The van der Waals surface area contributed by atoms with Gasteiger partial charge in [0.05, 0.1) is 6.61 Å². The van der Waals surface area contributed by atoms with Crippen molar-refractivity contribution in [2.45, 2.75) is 32.6 Å². The van der Waals surface area contributed by atoms with Crippen molar-refractivity contribution < 1.29 is 9.53 Å². The van der Waals surface area contributed by atoms with Gasteiger partial charge in [0.1, 0.15) is 0 Å². The fourth-order valence-corrected chi connectivity index (χ4v) is 1.17. The average Bonchev–Trinajstić information content (AvgIpc) is 2.88. The van der Waals surface area contributed by atoms with E-state index < -0.39 is 0 Å². The first-order valence-electron chi connectivity index (χ1n) is 5.08. The van der Waals surface area contributed by atoms with Crippen LogP contribution in [-0.4, -0.2) is 19.1 Å². The molecule has 0 aromatic heterocycles. The van der Waals surface area contributed by atoms with Crippen molar-refractivity contribution in [2.75, 3.05) is 13.2 Å². The monoisotopic (exact) mass is 185 g/mol. The van der Waals surface area contributed by atoms with E-state index in [0.717, 1.165) is 12.3 Å². The molecule has 0 amide bonds. The average molecular weight is 185 g/mol. The molecule has 0 radical (unpaired) electrons. The standard InChI is InChI=1S/C10H19NO2/c1-8(7-11)6-10(12)13-5-4-9-2-3-9/h8-9H,2-7,11H2,1H3. The van der Waals surface area contributed by atoms with Gasteiger partial charge < -0.3 is 10.5 Å². The van der Waals surface area contributed by atoms with Gasteiger partial charge in [-0.05, 0) is 24.8 Å². The Bertz CT molecular complexity index is 166. The Kier molecular flexibility index (Phi) is 4.22. The molecule has 13 heavy (non-hydrogen) atoms. The summed E-state index contributed by atoms with van der Waals surface area (Å²) < 4.78 is 5.07. The third-order valence-electron chi connectivity index (χ3n) is 2.40. The van der Waals surface area contributed by atoms with Gasteiger partial charge >= 0.3 is 5.97 Å². The molecule has 0 aliphatic heterocycles. The number of hydrogen-bond donors (Lipinski definition) is 1. The van der Waals surface area contributed by atoms with E-state index in [1.165, 1.54) is 12.8 Å². The number of ether oxygens (including phenoxy) is 1. The predicted octanol–water partition coefficient (Wildman–Crippen LogP) is 1.31. The van der Waals surface area contributed by atoms with E-state index >= 15 is 0 Å². The third-order valence-corrected chi connectivity index (χ3v) is 2.40. The van der Waals surface area contributed by atoms with Crippen LogP contribution in [0.15, 0.2) is 0 Å². The maximum atomic E-state index is 11.1. The number of rotatable bonds is 6. The van der Waals surface area contributed by atoms with Crippen molar-refractivity contribution in [3.63, 3.8) is 0 Å². The van der Waals surface area contributed by atoms with Crippen LogP contribution in [0.3, 0.4) is 0 Å². The highest BCUT2D eigenvalue weighted by atomic mass is 16.5. The predicted molar refractivity (Wildman–Crippen MR) is 51.1 cm³/mol. The third kappa shape index (κ3) is 4.88. The molecule has 1 atom stereocenters. The van der Waals surface area contributed by atoms with Crippen molar-refractivity contribution in [1.82, 2.24) is 0 Å². The van der Waals surface area contributed by atoms with Crippen LogP contribution in [0.25, 0.3) is 0 Å². The number of nitrogens with two attached hydrogens (primary N) is 1. The second kappa shape index (κ2) is 5.22. The molecule has 0 heterocycles. The number of carbonyl (C=O) groups excluding carboxylic acids is 1. The van der Waals surface area contributed by atoms with Gasteiger partial charge in [-0.1, -0.05) is 19.8 Å². The molecular formula is C10H19NO2. The summed E-state index contributed by atoms with van der Waals surface area (Å²) in [6.07, 6.45) is 4.14. The van der Waals surface area contributed by atoms with Crippen molar-refractivity contribution in [1.29, 1.82) is 0 Å². The zero-order valence-corrected chi connectivity index (χ0v) is 8.29. The lowest BCUT2D eigenvalue weighted by Gasteiger charge is -2.07. The molecule has 2 N–H and O–H groups in total. The van der Waals surface area contributed by atoms with E-state index in [4.69, 9.17) is 10.5 Å². The molecule has 1 aliphatic rings. The Balaban J connectivity index is 1.96. The van der Waals surface area contributed by atoms with Crippen LogP contribution in [-0.2, 0) is 9.53 Å². The highest BCUT2D eigenvalue weighted by Crippen LogP contribution is 2.32. The molecule has 1 saturated carbocycles. The number of esters is 1. The zero-order chi connectivity index (χ0) is 9.68. The minimum absolute atomic E-state index is 0.0985. The molecule has 1 aliphatic carbocycles. The molecule has 1 fully saturated rings. The molecule has 0 saturated heterocycles. The maximum Gasteiger partial charge on any atom is 0.306 e. The summed E-state index contributed by atoms with van der Waals surface area (Å²) in [5.74, 6) is 0.978. The van der Waals surface area contributed by atoms with Crippen molar-refractivity contribution >= 4 is 5.97 Å². The fraction of sp³-hybridized carbons (Fsp3) is 0.900. The van der Waals surface area contributed by atoms with Gasteiger partial charge in [-0.25, -0.2) is 0 Å². The van der Waals surface area contributed by atoms with Crippen molar-refractivity contribution in [3.8, 4) is 0 Å². The van der Waals surface area contributed by atoms with E-state index in [1.54, 1.807) is 0 Å². The molecular weight excluding hydrogens is 166 g/mol. The first kappa shape index (κ1) is 10.5. The summed E-state index contributed by atoms with van der Waals surface area (Å²) in [4.78, 5) is 11.1. The number of carbonyl (C=O) groups is 1. The minimum Gasteiger partial charge on any atom is -0.466 e. The van der Waals surface area contributed by atoms with E-state index in [9.17, 15) is 4.79 Å². The van der Waals surface area contributed by atoms with E-state index in [1.807, 2.05) is 6.92 Å². The van der Waals surface area contributed by atoms with Crippen LogP contribution in [0, 0.1) is 11.8 Å². The molecule has 1 rings (SSSR count). The fourth-order valence-electron chi connectivity index (χ4n) is 1.17. The number of hydrogen-bond acceptors (Lipinski definition) is 3. The van der Waals surface area contributed by atoms with Crippen LogP contribution in [0.4, 0.5) is 0 Å². The first-order chi connectivity index (χ1) is 6.22. The normalized spacial score (nSPS) is 18.3. The van der Waals surface area contributed by atoms with Crippen LogP contribution in [0.5, 0.6) is 0 Å². The van der Waals surface area contributed by atoms with Crippen LogP contribution < -0.4 is 5.73 Å². The van der Waals surface area contributed by atoms with Gasteiger partial charge in [0.2, 0.25) is 0 Å². The summed E-state index contributed by atoms with van der Waals surface area (Å²) in [6.45, 7) is 3.11. The Morgan fingerprint density at radius 3 is 2.85 bits per heavy atom. The van der Waals surface area contributed by atoms with E-state index in [-0.39, 0.29) is 11.9 Å². The molecule has 76 valence electrons. The molecule has 0 aromatic rings. The largest absolute Gasteiger partial charge is 0.466 e. The summed E-state index contributed by atoms with van der Waals surface area (Å²) in [6, 6.07) is 0. The summed E-state index contributed by atoms with van der Waals surface area (Å²) >= 11 is 0. The quantitative estimate of drug-likeness (QED) is 0.635.